The van der Waals surface area contributed by atoms with Gasteiger partial charge in [0.15, 0.2) is 5.60 Å². The van der Waals surface area contributed by atoms with E-state index in [0.717, 1.165) is 0 Å². The van der Waals surface area contributed by atoms with Crippen LogP contribution in [0.4, 0.5) is 8.78 Å². The zero-order valence-corrected chi connectivity index (χ0v) is 14.3. The molecule has 4 nitrogen and oxygen atoms in total. The van der Waals surface area contributed by atoms with E-state index in [9.17, 15) is 18.7 Å². The van der Waals surface area contributed by atoms with Crippen LogP contribution in [0.5, 0.6) is 5.75 Å². The molecule has 0 saturated carbocycles. The predicted octanol–water partition coefficient (Wildman–Crippen LogP) is 3.36. The summed E-state index contributed by atoms with van der Waals surface area (Å²) in [7, 11) is 0. The van der Waals surface area contributed by atoms with Gasteiger partial charge in [-0.25, -0.2) is 8.78 Å². The Bertz CT molecular complexity index is 714. The lowest BCUT2D eigenvalue weighted by molar-refractivity contribution is -0.135. The van der Waals surface area contributed by atoms with Crippen molar-refractivity contribution in [3.8, 4) is 5.75 Å². The number of amides is 1. The first-order chi connectivity index (χ1) is 11.7. The van der Waals surface area contributed by atoms with Crippen molar-refractivity contribution >= 4 is 5.91 Å². The summed E-state index contributed by atoms with van der Waals surface area (Å²) in [5, 5.41) is 13.0. The molecule has 0 fully saturated rings. The molecule has 0 aliphatic heterocycles. The number of benzene rings is 2. The van der Waals surface area contributed by atoms with Crippen LogP contribution in [-0.2, 0) is 4.79 Å². The van der Waals surface area contributed by atoms with Gasteiger partial charge in [-0.3, -0.25) is 4.79 Å². The Morgan fingerprint density at radius 2 is 1.52 bits per heavy atom. The Morgan fingerprint density at radius 3 is 2.04 bits per heavy atom. The molecule has 2 N–H and O–H groups in total. The Hall–Kier alpha value is -2.47. The normalized spacial score (nSPS) is 13.8. The van der Waals surface area contributed by atoms with Gasteiger partial charge in [0.25, 0.3) is 5.91 Å². The zero-order chi connectivity index (χ0) is 18.6. The minimum absolute atomic E-state index is 0.355. The summed E-state index contributed by atoms with van der Waals surface area (Å²) in [6, 6.07) is 10.1. The van der Waals surface area contributed by atoms with Gasteiger partial charge in [0, 0.05) is 0 Å². The summed E-state index contributed by atoms with van der Waals surface area (Å²) < 4.78 is 31.5. The number of aliphatic hydroxyl groups is 1. The maximum atomic E-state index is 13.0. The molecule has 0 spiro atoms. The molecule has 2 atom stereocenters. The number of carbonyl (C=O) groups is 1. The molecule has 0 bridgehead atoms. The summed E-state index contributed by atoms with van der Waals surface area (Å²) in [6.45, 7) is 4.78. The second-order valence-electron chi connectivity index (χ2n) is 6.32. The standard InChI is InChI=1S/C19H21F2NO3/c1-12(17(23)13-4-6-14(20)7-5-13)22-18(24)19(2,3)25-16-10-8-15(21)9-11-16/h4-12,17,23H,1-3H3,(H,22,24). The first kappa shape index (κ1) is 18.9. The maximum absolute atomic E-state index is 13.0. The third-order valence-corrected chi connectivity index (χ3v) is 3.78. The van der Waals surface area contributed by atoms with Crippen LogP contribution in [0.25, 0.3) is 0 Å². The second kappa shape index (κ2) is 7.61. The molecule has 1 amide bonds. The number of halogens is 2. The predicted molar refractivity (Wildman–Crippen MR) is 90.1 cm³/mol. The number of carbonyl (C=O) groups excluding carboxylic acids is 1. The number of rotatable bonds is 6. The number of nitrogens with one attached hydrogen (secondary N) is 1. The van der Waals surface area contributed by atoms with Crippen molar-refractivity contribution in [3.05, 3.63) is 65.7 Å². The van der Waals surface area contributed by atoms with Crippen LogP contribution < -0.4 is 10.1 Å². The largest absolute Gasteiger partial charge is 0.478 e. The van der Waals surface area contributed by atoms with Crippen molar-refractivity contribution in [1.29, 1.82) is 0 Å². The Labute approximate surface area is 145 Å². The molecular formula is C19H21F2NO3. The molecule has 0 aliphatic carbocycles. The van der Waals surface area contributed by atoms with Crippen LogP contribution >= 0.6 is 0 Å². The summed E-state index contributed by atoms with van der Waals surface area (Å²) in [5.74, 6) is -0.883. The zero-order valence-electron chi connectivity index (χ0n) is 14.3. The van der Waals surface area contributed by atoms with E-state index in [-0.39, 0.29) is 0 Å². The molecule has 0 heterocycles. The van der Waals surface area contributed by atoms with E-state index < -0.39 is 35.3 Å². The first-order valence-corrected chi connectivity index (χ1v) is 7.88. The number of hydrogen-bond acceptors (Lipinski definition) is 3. The van der Waals surface area contributed by atoms with E-state index >= 15 is 0 Å². The van der Waals surface area contributed by atoms with E-state index in [1.165, 1.54) is 48.5 Å². The molecule has 2 unspecified atom stereocenters. The highest BCUT2D eigenvalue weighted by Crippen LogP contribution is 2.21. The molecule has 2 aromatic rings. The van der Waals surface area contributed by atoms with Gasteiger partial charge in [-0.05, 0) is 62.7 Å². The van der Waals surface area contributed by atoms with Crippen molar-refractivity contribution in [2.45, 2.75) is 38.5 Å². The van der Waals surface area contributed by atoms with Crippen molar-refractivity contribution < 1.29 is 23.4 Å². The van der Waals surface area contributed by atoms with Crippen LogP contribution in [0.1, 0.15) is 32.4 Å². The average Bonchev–Trinajstić information content (AvgIpc) is 2.56. The van der Waals surface area contributed by atoms with Gasteiger partial charge < -0.3 is 15.2 Å². The Kier molecular flexibility index (Phi) is 5.74. The second-order valence-corrected chi connectivity index (χ2v) is 6.32. The van der Waals surface area contributed by atoms with Crippen molar-refractivity contribution in [2.75, 3.05) is 0 Å². The van der Waals surface area contributed by atoms with Crippen molar-refractivity contribution in [3.63, 3.8) is 0 Å². The lowest BCUT2D eigenvalue weighted by Crippen LogP contribution is -2.50. The van der Waals surface area contributed by atoms with E-state index in [4.69, 9.17) is 4.74 Å². The van der Waals surface area contributed by atoms with Crippen molar-refractivity contribution in [2.24, 2.45) is 0 Å². The third kappa shape index (κ3) is 5.00. The third-order valence-electron chi connectivity index (χ3n) is 3.78. The fraction of sp³-hybridized carbons (Fsp3) is 0.316. The quantitative estimate of drug-likeness (QED) is 0.841. The minimum atomic E-state index is -1.23. The van der Waals surface area contributed by atoms with E-state index in [1.54, 1.807) is 20.8 Å². The first-order valence-electron chi connectivity index (χ1n) is 7.88. The van der Waals surface area contributed by atoms with Gasteiger partial charge in [-0.2, -0.15) is 0 Å². The SMILES string of the molecule is CC(NC(=O)C(C)(C)Oc1ccc(F)cc1)C(O)c1ccc(F)cc1. The van der Waals surface area contributed by atoms with Gasteiger partial charge in [-0.1, -0.05) is 12.1 Å². The molecule has 2 aromatic carbocycles. The monoisotopic (exact) mass is 349 g/mol. The highest BCUT2D eigenvalue weighted by atomic mass is 19.1. The summed E-state index contributed by atoms with van der Waals surface area (Å²) in [5.41, 5.74) is -0.735. The highest BCUT2D eigenvalue weighted by Gasteiger charge is 2.32. The number of hydrogen-bond donors (Lipinski definition) is 2. The molecule has 6 heteroatoms. The van der Waals surface area contributed by atoms with Crippen LogP contribution in [0, 0.1) is 11.6 Å². The number of aliphatic hydroxyl groups excluding tert-OH is 1. The summed E-state index contributed by atoms with van der Waals surface area (Å²) in [6.07, 6.45) is -0.994. The van der Waals surface area contributed by atoms with Crippen LogP contribution in [-0.4, -0.2) is 22.7 Å². The molecule has 25 heavy (non-hydrogen) atoms. The van der Waals surface area contributed by atoms with Gasteiger partial charge in [0.05, 0.1) is 12.1 Å². The molecular weight excluding hydrogens is 328 g/mol. The van der Waals surface area contributed by atoms with Crippen LogP contribution in [0.3, 0.4) is 0 Å². The van der Waals surface area contributed by atoms with Gasteiger partial charge in [0.1, 0.15) is 17.4 Å². The Morgan fingerprint density at radius 1 is 1.04 bits per heavy atom. The minimum Gasteiger partial charge on any atom is -0.478 e. The molecule has 134 valence electrons. The molecule has 0 radical (unpaired) electrons. The van der Waals surface area contributed by atoms with Crippen LogP contribution in [0.15, 0.2) is 48.5 Å². The van der Waals surface area contributed by atoms with Crippen LogP contribution in [0.2, 0.25) is 0 Å². The smallest absolute Gasteiger partial charge is 0.263 e. The fourth-order valence-corrected chi connectivity index (χ4v) is 2.25. The topological polar surface area (TPSA) is 58.6 Å². The summed E-state index contributed by atoms with van der Waals surface area (Å²) in [4.78, 5) is 12.5. The molecule has 2 rings (SSSR count). The Balaban J connectivity index is 2.00. The number of ether oxygens (including phenoxy) is 1. The lowest BCUT2D eigenvalue weighted by Gasteiger charge is -2.29. The highest BCUT2D eigenvalue weighted by molar-refractivity contribution is 5.85. The van der Waals surface area contributed by atoms with Crippen molar-refractivity contribution in [1.82, 2.24) is 5.32 Å². The molecule has 0 aliphatic rings. The van der Waals surface area contributed by atoms with Gasteiger partial charge in [-0.15, -0.1) is 0 Å². The van der Waals surface area contributed by atoms with E-state index in [2.05, 4.69) is 5.32 Å². The van der Waals surface area contributed by atoms with Gasteiger partial charge >= 0.3 is 0 Å². The fourth-order valence-electron chi connectivity index (χ4n) is 2.25. The van der Waals surface area contributed by atoms with E-state index in [1.807, 2.05) is 0 Å². The van der Waals surface area contributed by atoms with Gasteiger partial charge in [0.2, 0.25) is 0 Å². The average molecular weight is 349 g/mol. The van der Waals surface area contributed by atoms with E-state index in [0.29, 0.717) is 11.3 Å². The molecule has 0 saturated heterocycles. The molecule has 0 aromatic heterocycles. The maximum Gasteiger partial charge on any atom is 0.263 e. The lowest BCUT2D eigenvalue weighted by atomic mass is 10.0. The summed E-state index contributed by atoms with van der Waals surface area (Å²) >= 11 is 0.